The predicted octanol–water partition coefficient (Wildman–Crippen LogP) is 6.35. The van der Waals surface area contributed by atoms with Crippen LogP contribution in [0.25, 0.3) is 0 Å². The number of anilines is 1. The molecule has 0 aliphatic carbocycles. The quantitative estimate of drug-likeness (QED) is 0.514. The number of benzene rings is 2. The standard InChI is InChI=1S/C28H38N4O/c1-21(2)25-12-8-13-26(22(3)4)27(25)30-28(33)32(17-9-16-29)24-14-18-31(19-15-24)20-23-10-6-5-7-11-23/h5-8,10-13,21-22,24H,9,14-15,17-20H2,1-4H3,(H,30,33). The lowest BCUT2D eigenvalue weighted by Gasteiger charge is -2.38. The monoisotopic (exact) mass is 446 g/mol. The van der Waals surface area contributed by atoms with E-state index in [2.05, 4.69) is 86.4 Å². The summed E-state index contributed by atoms with van der Waals surface area (Å²) in [5.74, 6) is 0.626. The number of urea groups is 1. The Morgan fingerprint density at radius 2 is 1.64 bits per heavy atom. The minimum absolute atomic E-state index is 0.0817. The number of carbonyl (C=O) groups excluding carboxylic acids is 1. The van der Waals surface area contributed by atoms with Crippen LogP contribution in [-0.2, 0) is 6.54 Å². The molecule has 1 aliphatic rings. The molecule has 1 N–H and O–H groups in total. The van der Waals surface area contributed by atoms with Crippen LogP contribution in [-0.4, -0.2) is 41.5 Å². The summed E-state index contributed by atoms with van der Waals surface area (Å²) < 4.78 is 0. The third kappa shape index (κ3) is 6.58. The zero-order chi connectivity index (χ0) is 23.8. The Kier molecular flexibility index (Phi) is 8.91. The van der Waals surface area contributed by atoms with E-state index in [0.29, 0.717) is 24.8 Å². The molecule has 2 aromatic carbocycles. The Balaban J connectivity index is 1.72. The minimum Gasteiger partial charge on any atom is -0.320 e. The van der Waals surface area contributed by atoms with Gasteiger partial charge in [-0.15, -0.1) is 0 Å². The Morgan fingerprint density at radius 3 is 2.18 bits per heavy atom. The number of nitrogens with zero attached hydrogens (tertiary/aromatic N) is 3. The van der Waals surface area contributed by atoms with Gasteiger partial charge in [-0.1, -0.05) is 76.2 Å². The highest BCUT2D eigenvalue weighted by Crippen LogP contribution is 2.33. The number of hydrogen-bond donors (Lipinski definition) is 1. The molecule has 176 valence electrons. The predicted molar refractivity (Wildman–Crippen MR) is 135 cm³/mol. The fourth-order valence-electron chi connectivity index (χ4n) is 4.73. The highest BCUT2D eigenvalue weighted by atomic mass is 16.2. The number of rotatable bonds is 8. The number of nitriles is 1. The number of piperidine rings is 1. The number of para-hydroxylation sites is 1. The van der Waals surface area contributed by atoms with Crippen LogP contribution in [0.3, 0.4) is 0 Å². The van der Waals surface area contributed by atoms with E-state index < -0.39 is 0 Å². The first-order valence-electron chi connectivity index (χ1n) is 12.2. The molecular weight excluding hydrogens is 408 g/mol. The van der Waals surface area contributed by atoms with Crippen molar-refractivity contribution in [2.45, 2.75) is 71.4 Å². The summed E-state index contributed by atoms with van der Waals surface area (Å²) >= 11 is 0. The Labute approximate surface area is 199 Å². The van der Waals surface area contributed by atoms with Crippen LogP contribution in [0.1, 0.15) is 75.5 Å². The van der Waals surface area contributed by atoms with E-state index in [4.69, 9.17) is 0 Å². The lowest BCUT2D eigenvalue weighted by Crippen LogP contribution is -2.49. The van der Waals surface area contributed by atoms with Crippen LogP contribution in [0.2, 0.25) is 0 Å². The van der Waals surface area contributed by atoms with Gasteiger partial charge in [0.1, 0.15) is 0 Å². The molecule has 1 fully saturated rings. The summed E-state index contributed by atoms with van der Waals surface area (Å²) in [6.07, 6.45) is 2.20. The molecule has 0 unspecified atom stereocenters. The van der Waals surface area contributed by atoms with Gasteiger partial charge >= 0.3 is 6.03 Å². The van der Waals surface area contributed by atoms with E-state index in [9.17, 15) is 10.1 Å². The van der Waals surface area contributed by atoms with Gasteiger partial charge in [0.2, 0.25) is 0 Å². The fourth-order valence-corrected chi connectivity index (χ4v) is 4.73. The Morgan fingerprint density at radius 1 is 1.03 bits per heavy atom. The van der Waals surface area contributed by atoms with Gasteiger partial charge in [-0.05, 0) is 41.4 Å². The average molecular weight is 447 g/mol. The lowest BCUT2D eigenvalue weighted by molar-refractivity contribution is 0.124. The first kappa shape index (κ1) is 24.8. The van der Waals surface area contributed by atoms with Crippen molar-refractivity contribution in [2.75, 3.05) is 25.0 Å². The van der Waals surface area contributed by atoms with Crippen LogP contribution in [0.4, 0.5) is 10.5 Å². The van der Waals surface area contributed by atoms with Crippen molar-refractivity contribution in [3.05, 3.63) is 65.2 Å². The lowest BCUT2D eigenvalue weighted by atomic mass is 9.92. The molecule has 0 atom stereocenters. The smallest absolute Gasteiger partial charge is 0.320 e. The van der Waals surface area contributed by atoms with Crippen molar-refractivity contribution in [1.82, 2.24) is 9.80 Å². The Bertz CT molecular complexity index is 914. The first-order valence-corrected chi connectivity index (χ1v) is 12.2. The average Bonchev–Trinajstić information content (AvgIpc) is 2.81. The molecule has 0 saturated carbocycles. The molecule has 5 heteroatoms. The molecule has 2 aromatic rings. The van der Waals surface area contributed by atoms with Crippen LogP contribution < -0.4 is 5.32 Å². The highest BCUT2D eigenvalue weighted by molar-refractivity contribution is 5.91. The second-order valence-electron chi connectivity index (χ2n) is 9.65. The topological polar surface area (TPSA) is 59.4 Å². The maximum Gasteiger partial charge on any atom is 0.322 e. The van der Waals surface area contributed by atoms with Crippen molar-refractivity contribution in [1.29, 1.82) is 5.26 Å². The second-order valence-corrected chi connectivity index (χ2v) is 9.65. The summed E-state index contributed by atoms with van der Waals surface area (Å²) in [6, 6.07) is 19.1. The number of likely N-dealkylation sites (tertiary alicyclic amines) is 1. The summed E-state index contributed by atoms with van der Waals surface area (Å²) in [5, 5.41) is 12.5. The van der Waals surface area contributed by atoms with Crippen LogP contribution in [0, 0.1) is 11.3 Å². The first-order chi connectivity index (χ1) is 15.9. The molecule has 0 aromatic heterocycles. The van der Waals surface area contributed by atoms with Crippen LogP contribution >= 0.6 is 0 Å². The largest absolute Gasteiger partial charge is 0.322 e. The van der Waals surface area contributed by atoms with Crippen molar-refractivity contribution in [2.24, 2.45) is 0 Å². The number of hydrogen-bond acceptors (Lipinski definition) is 3. The SMILES string of the molecule is CC(C)c1cccc(C(C)C)c1NC(=O)N(CCC#N)C1CCN(Cc2ccccc2)CC1. The van der Waals surface area contributed by atoms with Gasteiger partial charge in [-0.2, -0.15) is 5.26 Å². The molecule has 1 aliphatic heterocycles. The zero-order valence-electron chi connectivity index (χ0n) is 20.6. The van der Waals surface area contributed by atoms with Gasteiger partial charge in [0.05, 0.1) is 12.5 Å². The molecule has 0 radical (unpaired) electrons. The molecule has 0 bridgehead atoms. The van der Waals surface area contributed by atoms with Gasteiger partial charge in [0.25, 0.3) is 0 Å². The van der Waals surface area contributed by atoms with E-state index in [0.717, 1.165) is 49.3 Å². The van der Waals surface area contributed by atoms with Crippen molar-refractivity contribution < 1.29 is 4.79 Å². The van der Waals surface area contributed by atoms with Gasteiger partial charge in [0, 0.05) is 37.9 Å². The molecule has 0 spiro atoms. The van der Waals surface area contributed by atoms with E-state index in [1.165, 1.54) is 5.56 Å². The molecule has 1 heterocycles. The van der Waals surface area contributed by atoms with Gasteiger partial charge in [-0.25, -0.2) is 4.79 Å². The van der Waals surface area contributed by atoms with Crippen molar-refractivity contribution >= 4 is 11.7 Å². The molecule has 3 rings (SSSR count). The second kappa shape index (κ2) is 11.9. The van der Waals surface area contributed by atoms with Gasteiger partial charge < -0.3 is 10.2 Å². The molecular formula is C28H38N4O. The Hall–Kier alpha value is -2.84. The minimum atomic E-state index is -0.0817. The molecule has 1 saturated heterocycles. The van der Waals surface area contributed by atoms with Gasteiger partial charge in [-0.3, -0.25) is 4.90 Å². The summed E-state index contributed by atoms with van der Waals surface area (Å²) in [4.78, 5) is 17.9. The third-order valence-corrected chi connectivity index (χ3v) is 6.58. The molecule has 33 heavy (non-hydrogen) atoms. The van der Waals surface area contributed by atoms with Crippen LogP contribution in [0.5, 0.6) is 0 Å². The maximum atomic E-state index is 13.5. The normalized spacial score (nSPS) is 14.9. The van der Waals surface area contributed by atoms with E-state index in [-0.39, 0.29) is 12.1 Å². The van der Waals surface area contributed by atoms with E-state index in [1.807, 2.05) is 11.0 Å². The summed E-state index contributed by atoms with van der Waals surface area (Å²) in [7, 11) is 0. The third-order valence-electron chi connectivity index (χ3n) is 6.58. The van der Waals surface area contributed by atoms with Gasteiger partial charge in [0.15, 0.2) is 0 Å². The maximum absolute atomic E-state index is 13.5. The van der Waals surface area contributed by atoms with Crippen molar-refractivity contribution in [3.8, 4) is 6.07 Å². The highest BCUT2D eigenvalue weighted by Gasteiger charge is 2.29. The summed E-state index contributed by atoms with van der Waals surface area (Å²) in [5.41, 5.74) is 4.58. The fraction of sp³-hybridized carbons (Fsp3) is 0.500. The molecule has 5 nitrogen and oxygen atoms in total. The zero-order valence-corrected chi connectivity index (χ0v) is 20.6. The molecule has 2 amide bonds. The number of nitrogens with one attached hydrogen (secondary N) is 1. The van der Waals surface area contributed by atoms with Crippen molar-refractivity contribution in [3.63, 3.8) is 0 Å². The number of carbonyl (C=O) groups is 1. The number of amides is 2. The van der Waals surface area contributed by atoms with Crippen LogP contribution in [0.15, 0.2) is 48.5 Å². The van der Waals surface area contributed by atoms with E-state index >= 15 is 0 Å². The van der Waals surface area contributed by atoms with E-state index in [1.54, 1.807) is 0 Å². The summed E-state index contributed by atoms with van der Waals surface area (Å²) in [6.45, 7) is 11.9.